The van der Waals surface area contributed by atoms with Gasteiger partial charge in [0.2, 0.25) is 5.91 Å². The van der Waals surface area contributed by atoms with Gasteiger partial charge in [-0.15, -0.1) is 0 Å². The van der Waals surface area contributed by atoms with Crippen LogP contribution in [0.15, 0.2) is 6.07 Å². The van der Waals surface area contributed by atoms with Crippen molar-refractivity contribution in [3.05, 3.63) is 17.5 Å². The first-order valence-electron chi connectivity index (χ1n) is 7.03. The van der Waals surface area contributed by atoms with Crippen molar-refractivity contribution in [2.45, 2.75) is 52.1 Å². The summed E-state index contributed by atoms with van der Waals surface area (Å²) in [5.74, 6) is 0.145. The monoisotopic (exact) mass is 265 g/mol. The molecule has 2 heterocycles. The van der Waals surface area contributed by atoms with Gasteiger partial charge >= 0.3 is 0 Å². The number of aromatic nitrogens is 2. The fourth-order valence-electron chi connectivity index (χ4n) is 2.85. The van der Waals surface area contributed by atoms with Crippen LogP contribution in [0.1, 0.15) is 37.1 Å². The molecule has 1 unspecified atom stereocenters. The van der Waals surface area contributed by atoms with Crippen molar-refractivity contribution >= 4 is 5.91 Å². The lowest BCUT2D eigenvalue weighted by atomic mass is 10.1. The SMILES string of the molecule is Cc1cc(C)n(CC(=O)N2CCCC2CCCO)n1. The van der Waals surface area contributed by atoms with Gasteiger partial charge < -0.3 is 10.0 Å². The Balaban J connectivity index is 1.97. The van der Waals surface area contributed by atoms with Crippen LogP contribution in [0, 0.1) is 13.8 Å². The van der Waals surface area contributed by atoms with Crippen LogP contribution in [0.5, 0.6) is 0 Å². The number of nitrogens with zero attached hydrogens (tertiary/aromatic N) is 3. The fourth-order valence-corrected chi connectivity index (χ4v) is 2.85. The number of rotatable bonds is 5. The van der Waals surface area contributed by atoms with Gasteiger partial charge in [-0.3, -0.25) is 9.48 Å². The molecule has 1 amide bonds. The van der Waals surface area contributed by atoms with E-state index in [-0.39, 0.29) is 12.5 Å². The van der Waals surface area contributed by atoms with E-state index in [4.69, 9.17) is 5.11 Å². The van der Waals surface area contributed by atoms with Gasteiger partial charge in [-0.25, -0.2) is 0 Å². The first-order valence-corrected chi connectivity index (χ1v) is 7.03. The number of likely N-dealkylation sites (tertiary alicyclic amines) is 1. The predicted molar refractivity (Wildman–Crippen MR) is 72.8 cm³/mol. The minimum Gasteiger partial charge on any atom is -0.396 e. The Morgan fingerprint density at radius 3 is 2.95 bits per heavy atom. The molecule has 0 aliphatic carbocycles. The van der Waals surface area contributed by atoms with Crippen LogP contribution < -0.4 is 0 Å². The van der Waals surface area contributed by atoms with Crippen LogP contribution in [0.4, 0.5) is 0 Å². The summed E-state index contributed by atoms with van der Waals surface area (Å²) in [6.45, 7) is 5.29. The average molecular weight is 265 g/mol. The molecular weight excluding hydrogens is 242 g/mol. The number of aryl methyl sites for hydroxylation is 2. The Hall–Kier alpha value is -1.36. The van der Waals surface area contributed by atoms with E-state index in [1.165, 1.54) is 0 Å². The highest BCUT2D eigenvalue weighted by atomic mass is 16.3. The number of aliphatic hydroxyl groups excluding tert-OH is 1. The van der Waals surface area contributed by atoms with Crippen LogP contribution >= 0.6 is 0 Å². The topological polar surface area (TPSA) is 58.4 Å². The predicted octanol–water partition coefficient (Wildman–Crippen LogP) is 1.26. The summed E-state index contributed by atoms with van der Waals surface area (Å²) in [6.07, 6.45) is 3.80. The summed E-state index contributed by atoms with van der Waals surface area (Å²) in [5.41, 5.74) is 1.97. The van der Waals surface area contributed by atoms with E-state index in [1.807, 2.05) is 24.8 Å². The van der Waals surface area contributed by atoms with E-state index >= 15 is 0 Å². The highest BCUT2D eigenvalue weighted by Gasteiger charge is 2.28. The molecule has 0 saturated carbocycles. The lowest BCUT2D eigenvalue weighted by Crippen LogP contribution is -2.38. The maximum atomic E-state index is 12.4. The standard InChI is InChI=1S/C14H23N3O2/c1-11-9-12(2)17(15-11)10-14(19)16-7-3-5-13(16)6-4-8-18/h9,13,18H,3-8,10H2,1-2H3. The first kappa shape index (κ1) is 14.1. The van der Waals surface area contributed by atoms with Gasteiger partial charge in [0.25, 0.3) is 0 Å². The zero-order chi connectivity index (χ0) is 13.8. The van der Waals surface area contributed by atoms with Crippen molar-refractivity contribution in [3.8, 4) is 0 Å². The van der Waals surface area contributed by atoms with Crippen molar-refractivity contribution in [2.75, 3.05) is 13.2 Å². The smallest absolute Gasteiger partial charge is 0.244 e. The van der Waals surface area contributed by atoms with Crippen LogP contribution in [-0.4, -0.2) is 44.9 Å². The molecule has 19 heavy (non-hydrogen) atoms. The van der Waals surface area contributed by atoms with Crippen LogP contribution in [-0.2, 0) is 11.3 Å². The summed E-state index contributed by atoms with van der Waals surface area (Å²) >= 11 is 0. The summed E-state index contributed by atoms with van der Waals surface area (Å²) in [7, 11) is 0. The number of hydrogen-bond acceptors (Lipinski definition) is 3. The van der Waals surface area contributed by atoms with E-state index in [0.29, 0.717) is 12.6 Å². The van der Waals surface area contributed by atoms with Crippen molar-refractivity contribution in [1.29, 1.82) is 0 Å². The number of carbonyl (C=O) groups excluding carboxylic acids is 1. The number of aliphatic hydroxyl groups is 1. The lowest BCUT2D eigenvalue weighted by molar-refractivity contribution is -0.133. The second kappa shape index (κ2) is 6.19. The molecule has 1 atom stereocenters. The largest absolute Gasteiger partial charge is 0.396 e. The number of hydrogen-bond donors (Lipinski definition) is 1. The molecule has 1 aliphatic heterocycles. The van der Waals surface area contributed by atoms with E-state index in [9.17, 15) is 4.79 Å². The van der Waals surface area contributed by atoms with Crippen molar-refractivity contribution in [1.82, 2.24) is 14.7 Å². The van der Waals surface area contributed by atoms with Crippen LogP contribution in [0.25, 0.3) is 0 Å². The Morgan fingerprint density at radius 2 is 2.32 bits per heavy atom. The summed E-state index contributed by atoms with van der Waals surface area (Å²) < 4.78 is 1.78. The molecule has 1 aliphatic rings. The maximum Gasteiger partial charge on any atom is 0.244 e. The Morgan fingerprint density at radius 1 is 1.53 bits per heavy atom. The molecule has 0 bridgehead atoms. The summed E-state index contributed by atoms with van der Waals surface area (Å²) in [5, 5.41) is 13.2. The maximum absolute atomic E-state index is 12.4. The molecule has 2 rings (SSSR count). The third-order valence-electron chi connectivity index (χ3n) is 3.78. The Bertz CT molecular complexity index is 442. The normalized spacial score (nSPS) is 19.1. The molecule has 0 aromatic carbocycles. The van der Waals surface area contributed by atoms with Gasteiger partial charge in [0.05, 0.1) is 5.69 Å². The molecule has 1 saturated heterocycles. The molecular formula is C14H23N3O2. The summed E-state index contributed by atoms with van der Waals surface area (Å²) in [4.78, 5) is 14.3. The Kier molecular flexibility index (Phi) is 4.58. The molecule has 5 heteroatoms. The van der Waals surface area contributed by atoms with Gasteiger partial charge in [-0.2, -0.15) is 5.10 Å². The highest BCUT2D eigenvalue weighted by Crippen LogP contribution is 2.21. The Labute approximate surface area is 114 Å². The van der Waals surface area contributed by atoms with Gasteiger partial charge in [0, 0.05) is 24.9 Å². The second-order valence-corrected chi connectivity index (χ2v) is 5.33. The molecule has 0 spiro atoms. The third kappa shape index (κ3) is 3.35. The van der Waals surface area contributed by atoms with Crippen molar-refractivity contribution in [3.63, 3.8) is 0 Å². The average Bonchev–Trinajstić information content (AvgIpc) is 2.94. The van der Waals surface area contributed by atoms with Gasteiger partial charge in [0.1, 0.15) is 6.54 Å². The molecule has 5 nitrogen and oxygen atoms in total. The van der Waals surface area contributed by atoms with Crippen LogP contribution in [0.3, 0.4) is 0 Å². The quantitative estimate of drug-likeness (QED) is 0.872. The molecule has 1 N–H and O–H groups in total. The van der Waals surface area contributed by atoms with Crippen LogP contribution in [0.2, 0.25) is 0 Å². The third-order valence-corrected chi connectivity index (χ3v) is 3.78. The zero-order valence-corrected chi connectivity index (χ0v) is 11.8. The zero-order valence-electron chi connectivity index (χ0n) is 11.8. The second-order valence-electron chi connectivity index (χ2n) is 5.33. The van der Waals surface area contributed by atoms with Crippen molar-refractivity contribution < 1.29 is 9.90 Å². The number of carbonyl (C=O) groups is 1. The van der Waals surface area contributed by atoms with E-state index in [0.717, 1.165) is 43.6 Å². The van der Waals surface area contributed by atoms with Gasteiger partial charge in [-0.1, -0.05) is 0 Å². The highest BCUT2D eigenvalue weighted by molar-refractivity contribution is 5.76. The van der Waals surface area contributed by atoms with E-state index in [1.54, 1.807) is 4.68 Å². The van der Waals surface area contributed by atoms with Gasteiger partial charge in [0.15, 0.2) is 0 Å². The van der Waals surface area contributed by atoms with Gasteiger partial charge in [-0.05, 0) is 45.6 Å². The molecule has 0 radical (unpaired) electrons. The molecule has 106 valence electrons. The van der Waals surface area contributed by atoms with Crippen molar-refractivity contribution in [2.24, 2.45) is 0 Å². The lowest BCUT2D eigenvalue weighted by Gasteiger charge is -2.24. The molecule has 1 fully saturated rings. The van der Waals surface area contributed by atoms with E-state index < -0.39 is 0 Å². The minimum absolute atomic E-state index is 0.145. The fraction of sp³-hybridized carbons (Fsp3) is 0.714. The number of amides is 1. The minimum atomic E-state index is 0.145. The summed E-state index contributed by atoms with van der Waals surface area (Å²) in [6, 6.07) is 2.29. The molecule has 1 aromatic rings. The van der Waals surface area contributed by atoms with E-state index in [2.05, 4.69) is 5.10 Å². The molecule has 1 aromatic heterocycles. The first-order chi connectivity index (χ1) is 9.11.